The molecule has 2 heterocycles. The van der Waals surface area contributed by atoms with E-state index >= 15 is 0 Å². The zero-order valence-corrected chi connectivity index (χ0v) is 14.3. The molecule has 1 atom stereocenters. The van der Waals surface area contributed by atoms with Crippen LogP contribution in [0.2, 0.25) is 0 Å². The first kappa shape index (κ1) is 17.2. The lowest BCUT2D eigenvalue weighted by Crippen LogP contribution is -2.39. The number of nitrogens with one attached hydrogen (secondary N) is 2. The highest BCUT2D eigenvalue weighted by atomic mass is 16.5. The van der Waals surface area contributed by atoms with Crippen molar-refractivity contribution in [2.75, 3.05) is 13.2 Å². The number of hydrogen-bond donors (Lipinski definition) is 2. The number of hydrogen-bond acceptors (Lipinski definition) is 5. The van der Waals surface area contributed by atoms with Crippen LogP contribution in [0.1, 0.15) is 25.3 Å². The van der Waals surface area contributed by atoms with E-state index in [9.17, 15) is 4.79 Å². The van der Waals surface area contributed by atoms with Gasteiger partial charge in [0.05, 0.1) is 12.6 Å². The molecule has 2 aromatic rings. The first-order valence-electron chi connectivity index (χ1n) is 8.61. The van der Waals surface area contributed by atoms with E-state index in [-0.39, 0.29) is 11.9 Å². The Morgan fingerprint density at radius 1 is 1.28 bits per heavy atom. The average molecular weight is 341 g/mol. The second-order valence-electron chi connectivity index (χ2n) is 5.88. The third kappa shape index (κ3) is 4.93. The molecule has 0 radical (unpaired) electrons. The monoisotopic (exact) mass is 341 g/mol. The van der Waals surface area contributed by atoms with E-state index in [2.05, 4.69) is 15.6 Å². The summed E-state index contributed by atoms with van der Waals surface area (Å²) in [6.07, 6.45) is 3.63. The molecule has 1 aliphatic heterocycles. The maximum absolute atomic E-state index is 12.0. The maximum Gasteiger partial charge on any atom is 0.237 e. The predicted molar refractivity (Wildman–Crippen MR) is 94.8 cm³/mol. The summed E-state index contributed by atoms with van der Waals surface area (Å²) in [5, 5.41) is 6.14. The van der Waals surface area contributed by atoms with Crippen LogP contribution in [0.3, 0.4) is 0 Å². The molecule has 1 saturated heterocycles. The number of carbonyl (C=O) groups excluding carboxylic acids is 1. The summed E-state index contributed by atoms with van der Waals surface area (Å²) in [6, 6.07) is 11.0. The Balaban J connectivity index is 1.56. The van der Waals surface area contributed by atoms with Gasteiger partial charge in [0.1, 0.15) is 11.5 Å². The third-order valence-electron chi connectivity index (χ3n) is 4.00. The molecule has 1 aromatic heterocycles. The SMILES string of the molecule is CCOc1ccc(Oc2cc(CNC(=O)C3CCCN3)ccn2)cc1. The van der Waals surface area contributed by atoms with E-state index in [0.29, 0.717) is 24.8 Å². The molecule has 3 rings (SSSR count). The molecule has 2 N–H and O–H groups in total. The fourth-order valence-electron chi connectivity index (χ4n) is 2.73. The van der Waals surface area contributed by atoms with Crippen LogP contribution in [0.5, 0.6) is 17.4 Å². The minimum atomic E-state index is -0.0681. The standard InChI is InChI=1S/C19H23N3O3/c1-2-24-15-5-7-16(8-6-15)25-18-12-14(9-11-21-18)13-22-19(23)17-4-3-10-20-17/h5-9,11-12,17,20H,2-4,10,13H2,1H3,(H,22,23). The van der Waals surface area contributed by atoms with Gasteiger partial charge in [0.25, 0.3) is 0 Å². The second-order valence-corrected chi connectivity index (χ2v) is 5.88. The second kappa shape index (κ2) is 8.48. The van der Waals surface area contributed by atoms with Crippen LogP contribution in [0.15, 0.2) is 42.6 Å². The van der Waals surface area contributed by atoms with Gasteiger partial charge in [0.15, 0.2) is 0 Å². The first-order valence-corrected chi connectivity index (χ1v) is 8.61. The lowest BCUT2D eigenvalue weighted by atomic mass is 10.2. The molecule has 1 fully saturated rings. The van der Waals surface area contributed by atoms with Crippen LogP contribution in [0.25, 0.3) is 0 Å². The minimum Gasteiger partial charge on any atom is -0.494 e. The maximum atomic E-state index is 12.0. The van der Waals surface area contributed by atoms with E-state index < -0.39 is 0 Å². The van der Waals surface area contributed by atoms with Gasteiger partial charge in [-0.1, -0.05) is 0 Å². The van der Waals surface area contributed by atoms with Gasteiger partial charge in [-0.3, -0.25) is 4.79 Å². The number of rotatable bonds is 7. The number of amides is 1. The van der Waals surface area contributed by atoms with Crippen molar-refractivity contribution in [1.29, 1.82) is 0 Å². The van der Waals surface area contributed by atoms with Crippen LogP contribution >= 0.6 is 0 Å². The molecule has 0 spiro atoms. The molecule has 6 heteroatoms. The van der Waals surface area contributed by atoms with Crippen molar-refractivity contribution in [2.45, 2.75) is 32.4 Å². The lowest BCUT2D eigenvalue weighted by Gasteiger charge is -2.12. The van der Waals surface area contributed by atoms with Gasteiger partial charge in [0, 0.05) is 18.8 Å². The molecule has 1 aromatic carbocycles. The molecule has 0 saturated carbocycles. The molecule has 25 heavy (non-hydrogen) atoms. The van der Waals surface area contributed by atoms with Gasteiger partial charge in [-0.05, 0) is 62.2 Å². The summed E-state index contributed by atoms with van der Waals surface area (Å²) in [7, 11) is 0. The highest BCUT2D eigenvalue weighted by Gasteiger charge is 2.21. The average Bonchev–Trinajstić information content (AvgIpc) is 3.17. The van der Waals surface area contributed by atoms with Gasteiger partial charge in [0.2, 0.25) is 11.8 Å². The van der Waals surface area contributed by atoms with Crippen molar-refractivity contribution in [3.63, 3.8) is 0 Å². The van der Waals surface area contributed by atoms with Crippen LogP contribution < -0.4 is 20.1 Å². The highest BCUT2D eigenvalue weighted by Crippen LogP contribution is 2.23. The molecule has 0 bridgehead atoms. The number of pyridine rings is 1. The number of aromatic nitrogens is 1. The van der Waals surface area contributed by atoms with E-state index in [1.807, 2.05) is 43.3 Å². The predicted octanol–water partition coefficient (Wildman–Crippen LogP) is 2.64. The van der Waals surface area contributed by atoms with Crippen LogP contribution in [-0.4, -0.2) is 30.1 Å². The van der Waals surface area contributed by atoms with Gasteiger partial charge < -0.3 is 20.1 Å². The fraction of sp³-hybridized carbons (Fsp3) is 0.368. The van der Waals surface area contributed by atoms with Gasteiger partial charge in [-0.15, -0.1) is 0 Å². The summed E-state index contributed by atoms with van der Waals surface area (Å²) < 4.78 is 11.2. The Kier molecular flexibility index (Phi) is 5.85. The molecule has 0 aliphatic carbocycles. The van der Waals surface area contributed by atoms with Crippen molar-refractivity contribution in [2.24, 2.45) is 0 Å². The van der Waals surface area contributed by atoms with Crippen molar-refractivity contribution >= 4 is 5.91 Å². The number of nitrogens with zero attached hydrogens (tertiary/aromatic N) is 1. The minimum absolute atomic E-state index is 0.0447. The Morgan fingerprint density at radius 3 is 2.80 bits per heavy atom. The normalized spacial score (nSPS) is 16.4. The van der Waals surface area contributed by atoms with Crippen molar-refractivity contribution in [1.82, 2.24) is 15.6 Å². The summed E-state index contributed by atoms with van der Waals surface area (Å²) in [6.45, 7) is 3.94. The Labute approximate surface area is 147 Å². The van der Waals surface area contributed by atoms with E-state index in [1.54, 1.807) is 6.20 Å². The van der Waals surface area contributed by atoms with E-state index in [1.165, 1.54) is 0 Å². The zero-order valence-electron chi connectivity index (χ0n) is 14.3. The van der Waals surface area contributed by atoms with Crippen molar-refractivity contribution < 1.29 is 14.3 Å². The fourth-order valence-corrected chi connectivity index (χ4v) is 2.73. The molecule has 132 valence electrons. The van der Waals surface area contributed by atoms with E-state index in [0.717, 1.165) is 30.7 Å². The molecule has 1 unspecified atom stereocenters. The van der Waals surface area contributed by atoms with E-state index in [4.69, 9.17) is 9.47 Å². The largest absolute Gasteiger partial charge is 0.494 e. The molecule has 1 aliphatic rings. The number of ether oxygens (including phenoxy) is 2. The van der Waals surface area contributed by atoms with Crippen LogP contribution in [-0.2, 0) is 11.3 Å². The Hall–Kier alpha value is -2.60. The molecule has 6 nitrogen and oxygen atoms in total. The Bertz CT molecular complexity index is 697. The first-order chi connectivity index (χ1) is 12.2. The topological polar surface area (TPSA) is 72.5 Å². The highest BCUT2D eigenvalue weighted by molar-refractivity contribution is 5.81. The number of carbonyl (C=O) groups is 1. The molecular formula is C19H23N3O3. The lowest BCUT2D eigenvalue weighted by molar-refractivity contribution is -0.122. The summed E-state index contributed by atoms with van der Waals surface area (Å²) in [5.74, 6) is 2.03. The van der Waals surface area contributed by atoms with Crippen LogP contribution in [0, 0.1) is 0 Å². The summed E-state index contributed by atoms with van der Waals surface area (Å²) >= 11 is 0. The third-order valence-corrected chi connectivity index (χ3v) is 4.00. The van der Waals surface area contributed by atoms with Crippen molar-refractivity contribution in [3.05, 3.63) is 48.2 Å². The van der Waals surface area contributed by atoms with Gasteiger partial charge in [-0.2, -0.15) is 0 Å². The number of benzene rings is 1. The smallest absolute Gasteiger partial charge is 0.237 e. The van der Waals surface area contributed by atoms with Crippen molar-refractivity contribution in [3.8, 4) is 17.4 Å². The summed E-state index contributed by atoms with van der Waals surface area (Å²) in [4.78, 5) is 16.3. The van der Waals surface area contributed by atoms with Crippen LogP contribution in [0.4, 0.5) is 0 Å². The molecular weight excluding hydrogens is 318 g/mol. The summed E-state index contributed by atoms with van der Waals surface area (Å²) in [5.41, 5.74) is 0.947. The van der Waals surface area contributed by atoms with Gasteiger partial charge in [-0.25, -0.2) is 4.98 Å². The quantitative estimate of drug-likeness (QED) is 0.810. The van der Waals surface area contributed by atoms with Gasteiger partial charge >= 0.3 is 0 Å². The molecule has 1 amide bonds. The zero-order chi connectivity index (χ0) is 17.5. The Morgan fingerprint density at radius 2 is 2.08 bits per heavy atom.